The number of rotatable bonds is 6. The normalized spacial score (nSPS) is 24.0. The maximum atomic E-state index is 11.9. The van der Waals surface area contributed by atoms with E-state index in [2.05, 4.69) is 40.1 Å². The van der Waals surface area contributed by atoms with Gasteiger partial charge in [0.25, 0.3) is 0 Å². The summed E-state index contributed by atoms with van der Waals surface area (Å²) >= 11 is 1.79. The van der Waals surface area contributed by atoms with E-state index >= 15 is 0 Å². The summed E-state index contributed by atoms with van der Waals surface area (Å²) in [4.78, 5) is 15.7. The highest BCUT2D eigenvalue weighted by Crippen LogP contribution is 2.36. The summed E-state index contributed by atoms with van der Waals surface area (Å²) in [6, 6.07) is 4.53. The van der Waals surface area contributed by atoms with Crippen LogP contribution in [0.3, 0.4) is 0 Å². The summed E-state index contributed by atoms with van der Waals surface area (Å²) in [6.45, 7) is 3.79. The number of piperidine rings is 1. The molecule has 1 fully saturated rings. The van der Waals surface area contributed by atoms with Crippen LogP contribution in [0.2, 0.25) is 0 Å². The first kappa shape index (κ1) is 17.2. The summed E-state index contributed by atoms with van der Waals surface area (Å²) in [5, 5.41) is 16.9. The fraction of sp³-hybridized carbons (Fsp3) is 0.688. The third-order valence-electron chi connectivity index (χ3n) is 4.31. The third-order valence-corrected chi connectivity index (χ3v) is 5.25. The molecule has 2 heterocycles. The monoisotopic (exact) mass is 325 g/mol. The van der Waals surface area contributed by atoms with Gasteiger partial charge < -0.3 is 15.7 Å². The second kappa shape index (κ2) is 8.50. The van der Waals surface area contributed by atoms with Gasteiger partial charge in [-0.3, -0.25) is 4.90 Å². The quantitative estimate of drug-likeness (QED) is 0.751. The minimum Gasteiger partial charge on any atom is -0.396 e. The lowest BCUT2D eigenvalue weighted by Crippen LogP contribution is -2.46. The van der Waals surface area contributed by atoms with Gasteiger partial charge >= 0.3 is 6.03 Å². The van der Waals surface area contributed by atoms with Crippen LogP contribution in [-0.2, 0) is 0 Å². The lowest BCUT2D eigenvalue weighted by atomic mass is 9.88. The lowest BCUT2D eigenvalue weighted by molar-refractivity contribution is 0.123. The molecule has 1 saturated heterocycles. The van der Waals surface area contributed by atoms with Gasteiger partial charge in [0.1, 0.15) is 0 Å². The first-order valence-electron chi connectivity index (χ1n) is 8.00. The second-order valence-corrected chi connectivity index (χ2v) is 7.09. The molecule has 6 heteroatoms. The van der Waals surface area contributed by atoms with Gasteiger partial charge in [0.15, 0.2) is 0 Å². The Hall–Kier alpha value is -1.11. The van der Waals surface area contributed by atoms with Crippen molar-refractivity contribution in [3.8, 4) is 0 Å². The van der Waals surface area contributed by atoms with Crippen molar-refractivity contribution in [3.63, 3.8) is 0 Å². The molecule has 2 rings (SSSR count). The molecular weight excluding hydrogens is 298 g/mol. The smallest absolute Gasteiger partial charge is 0.315 e. The fourth-order valence-electron chi connectivity index (χ4n) is 3.15. The molecule has 1 aliphatic heterocycles. The number of urea groups is 1. The largest absolute Gasteiger partial charge is 0.396 e. The van der Waals surface area contributed by atoms with Gasteiger partial charge in [0.2, 0.25) is 0 Å². The van der Waals surface area contributed by atoms with E-state index in [1.54, 1.807) is 11.3 Å². The average molecular weight is 325 g/mol. The van der Waals surface area contributed by atoms with Crippen LogP contribution < -0.4 is 10.6 Å². The predicted molar refractivity (Wildman–Crippen MR) is 90.1 cm³/mol. The molecule has 0 aliphatic carbocycles. The first-order chi connectivity index (χ1) is 10.6. The molecule has 0 spiro atoms. The van der Waals surface area contributed by atoms with Crippen molar-refractivity contribution in [3.05, 3.63) is 22.4 Å². The number of nitrogens with one attached hydrogen (secondary N) is 2. The van der Waals surface area contributed by atoms with Crippen LogP contribution in [0.25, 0.3) is 0 Å². The van der Waals surface area contributed by atoms with Crippen LogP contribution in [0.4, 0.5) is 4.79 Å². The van der Waals surface area contributed by atoms with Gasteiger partial charge in [-0.1, -0.05) is 6.07 Å². The van der Waals surface area contributed by atoms with E-state index in [1.165, 1.54) is 11.3 Å². The van der Waals surface area contributed by atoms with Crippen molar-refractivity contribution < 1.29 is 9.90 Å². The molecule has 124 valence electrons. The molecule has 1 aromatic heterocycles. The number of nitrogens with zero attached hydrogens (tertiary/aromatic N) is 1. The summed E-state index contributed by atoms with van der Waals surface area (Å²) in [6.07, 6.45) is 2.89. The Morgan fingerprint density at radius 3 is 3.09 bits per heavy atom. The number of carbonyl (C=O) groups is 1. The van der Waals surface area contributed by atoms with E-state index in [9.17, 15) is 4.79 Å². The van der Waals surface area contributed by atoms with Gasteiger partial charge in [-0.05, 0) is 57.1 Å². The highest BCUT2D eigenvalue weighted by molar-refractivity contribution is 7.10. The molecular formula is C16H27N3O2S. The van der Waals surface area contributed by atoms with Crippen molar-refractivity contribution in [2.75, 3.05) is 26.7 Å². The molecule has 0 bridgehead atoms. The Bertz CT molecular complexity index is 452. The predicted octanol–water partition coefficient (Wildman–Crippen LogP) is 2.20. The second-order valence-electron chi connectivity index (χ2n) is 6.11. The highest BCUT2D eigenvalue weighted by atomic mass is 32.1. The number of aliphatic hydroxyl groups is 1. The number of thiophene rings is 1. The van der Waals surface area contributed by atoms with Gasteiger partial charge in [-0.15, -0.1) is 11.3 Å². The average Bonchev–Trinajstić information content (AvgIpc) is 2.99. The van der Waals surface area contributed by atoms with Crippen LogP contribution in [0.1, 0.15) is 37.1 Å². The maximum Gasteiger partial charge on any atom is 0.315 e. The van der Waals surface area contributed by atoms with Crippen LogP contribution in [0.5, 0.6) is 0 Å². The number of likely N-dealkylation sites (tertiary alicyclic amines) is 1. The van der Waals surface area contributed by atoms with E-state index < -0.39 is 0 Å². The lowest BCUT2D eigenvalue weighted by Gasteiger charge is -2.38. The summed E-state index contributed by atoms with van der Waals surface area (Å²) in [7, 11) is 2.17. The Labute approximate surface area is 136 Å². The Kier molecular flexibility index (Phi) is 6.67. The van der Waals surface area contributed by atoms with Gasteiger partial charge in [0, 0.05) is 30.1 Å². The molecule has 3 atom stereocenters. The number of carbonyl (C=O) groups excluding carboxylic acids is 1. The molecule has 1 aromatic rings. The zero-order valence-corrected chi connectivity index (χ0v) is 14.2. The first-order valence-corrected chi connectivity index (χ1v) is 8.88. The fourth-order valence-corrected chi connectivity index (χ4v) is 4.13. The van der Waals surface area contributed by atoms with Crippen LogP contribution in [0.15, 0.2) is 17.5 Å². The molecule has 5 nitrogen and oxygen atoms in total. The number of hydrogen-bond donors (Lipinski definition) is 3. The van der Waals surface area contributed by atoms with E-state index in [-0.39, 0.29) is 18.7 Å². The van der Waals surface area contributed by atoms with Crippen molar-refractivity contribution in [1.29, 1.82) is 0 Å². The summed E-state index contributed by atoms with van der Waals surface area (Å²) in [5.41, 5.74) is 0. The number of hydrogen-bond acceptors (Lipinski definition) is 4. The molecule has 2 unspecified atom stereocenters. The van der Waals surface area contributed by atoms with Crippen molar-refractivity contribution in [1.82, 2.24) is 15.5 Å². The number of amides is 2. The summed E-state index contributed by atoms with van der Waals surface area (Å²) in [5.74, 6) is 0.441. The molecule has 2 amide bonds. The highest BCUT2D eigenvalue weighted by Gasteiger charge is 2.31. The molecule has 0 aromatic carbocycles. The van der Waals surface area contributed by atoms with E-state index in [4.69, 9.17) is 5.11 Å². The van der Waals surface area contributed by atoms with Crippen LogP contribution in [-0.4, -0.2) is 48.8 Å². The Balaban J connectivity index is 1.88. The number of aliphatic hydroxyl groups excluding tert-OH is 1. The minimum atomic E-state index is -0.140. The van der Waals surface area contributed by atoms with Gasteiger partial charge in [-0.25, -0.2) is 4.79 Å². The molecule has 1 aliphatic rings. The van der Waals surface area contributed by atoms with Crippen LogP contribution >= 0.6 is 11.3 Å². The van der Waals surface area contributed by atoms with Crippen molar-refractivity contribution in [2.24, 2.45) is 5.92 Å². The zero-order valence-electron chi connectivity index (χ0n) is 13.4. The zero-order chi connectivity index (χ0) is 15.9. The topological polar surface area (TPSA) is 64.6 Å². The maximum absolute atomic E-state index is 11.9. The molecule has 0 saturated carbocycles. The molecule has 0 radical (unpaired) electrons. The van der Waals surface area contributed by atoms with E-state index in [0.29, 0.717) is 24.9 Å². The Morgan fingerprint density at radius 1 is 1.59 bits per heavy atom. The third kappa shape index (κ3) is 4.69. The van der Waals surface area contributed by atoms with E-state index in [1.807, 2.05) is 6.92 Å². The van der Waals surface area contributed by atoms with Gasteiger partial charge in [0.05, 0.1) is 0 Å². The standard InChI is InChI=1S/C16H27N3O2S/c1-12(7-9-20)18-16(21)17-11-13-5-3-8-19(2)15(13)14-6-4-10-22-14/h4,6,10,12-13,15,20H,3,5,7-9,11H2,1-2H3,(H2,17,18,21)/t12-,13?,15?/m1/s1. The summed E-state index contributed by atoms with van der Waals surface area (Å²) < 4.78 is 0. The van der Waals surface area contributed by atoms with E-state index in [0.717, 1.165) is 13.0 Å². The van der Waals surface area contributed by atoms with Crippen LogP contribution in [0, 0.1) is 5.92 Å². The van der Waals surface area contributed by atoms with Gasteiger partial charge in [-0.2, -0.15) is 0 Å². The Morgan fingerprint density at radius 2 is 2.41 bits per heavy atom. The van der Waals surface area contributed by atoms with Crippen molar-refractivity contribution in [2.45, 2.75) is 38.3 Å². The molecule has 22 heavy (non-hydrogen) atoms. The minimum absolute atomic E-state index is 0.00729. The van der Waals surface area contributed by atoms with Crippen molar-refractivity contribution >= 4 is 17.4 Å². The molecule has 3 N–H and O–H groups in total. The SMILES string of the molecule is C[C@H](CCO)NC(=O)NCC1CCCN(C)C1c1cccs1.